The van der Waals surface area contributed by atoms with Gasteiger partial charge < -0.3 is 5.73 Å². The van der Waals surface area contributed by atoms with E-state index in [0.717, 1.165) is 4.90 Å². The molecule has 19 heavy (non-hydrogen) atoms. The maximum absolute atomic E-state index is 12.7. The molecule has 1 unspecified atom stereocenters. The van der Waals surface area contributed by atoms with Crippen molar-refractivity contribution in [2.24, 2.45) is 5.73 Å². The first kappa shape index (κ1) is 16.5. The highest BCUT2D eigenvalue weighted by atomic mass is 32.2. The molecule has 0 aromatic heterocycles. The van der Waals surface area contributed by atoms with Crippen LogP contribution in [0.15, 0.2) is 29.2 Å². The molecule has 0 aliphatic rings. The molecule has 0 saturated heterocycles. The Kier molecular flexibility index (Phi) is 6.82. The van der Waals surface area contributed by atoms with E-state index in [9.17, 15) is 12.8 Å². The summed E-state index contributed by atoms with van der Waals surface area (Å²) in [6.07, 6.45) is 1.29. The van der Waals surface area contributed by atoms with Gasteiger partial charge in [-0.15, -0.1) is 11.8 Å². The number of hydrogen-bond donors (Lipinski definition) is 1. The quantitative estimate of drug-likeness (QED) is 0.750. The molecule has 2 N–H and O–H groups in total. The third-order valence-electron chi connectivity index (χ3n) is 2.75. The molecule has 1 aromatic rings. The largest absolute Gasteiger partial charge is 0.327 e. The Hall–Kier alpha value is -0.590. The summed E-state index contributed by atoms with van der Waals surface area (Å²) in [5.74, 6) is 0.849. The molecule has 3 nitrogen and oxygen atoms in total. The van der Waals surface area contributed by atoms with E-state index in [-0.39, 0.29) is 23.4 Å². The van der Waals surface area contributed by atoms with Crippen molar-refractivity contribution >= 4 is 21.6 Å². The van der Waals surface area contributed by atoms with Crippen LogP contribution in [0, 0.1) is 5.82 Å². The fourth-order valence-corrected chi connectivity index (χ4v) is 3.32. The molecular weight excluding hydrogens is 285 g/mol. The highest BCUT2D eigenvalue weighted by molar-refractivity contribution is 7.99. The van der Waals surface area contributed by atoms with Crippen molar-refractivity contribution in [3.05, 3.63) is 30.1 Å². The zero-order valence-corrected chi connectivity index (χ0v) is 12.6. The Balaban J connectivity index is 2.24. The molecule has 0 saturated carbocycles. The molecule has 0 bridgehead atoms. The first-order chi connectivity index (χ1) is 8.93. The number of thioether (sulfide) groups is 1. The summed E-state index contributed by atoms with van der Waals surface area (Å²) in [7, 11) is -2.89. The minimum absolute atomic E-state index is 0.0397. The smallest absolute Gasteiger partial charge is 0.150 e. The van der Waals surface area contributed by atoms with E-state index in [0.29, 0.717) is 18.6 Å². The number of rotatable bonds is 8. The predicted octanol–water partition coefficient (Wildman–Crippen LogP) is 2.46. The Morgan fingerprint density at radius 2 is 1.95 bits per heavy atom. The molecule has 6 heteroatoms. The van der Waals surface area contributed by atoms with Crippen LogP contribution < -0.4 is 5.73 Å². The third kappa shape index (κ3) is 6.94. The average Bonchev–Trinajstić information content (AvgIpc) is 2.38. The third-order valence-corrected chi connectivity index (χ3v) is 5.74. The topological polar surface area (TPSA) is 60.2 Å². The molecule has 0 fully saturated rings. The summed E-state index contributed by atoms with van der Waals surface area (Å²) >= 11 is 1.56. The molecule has 0 aliphatic carbocycles. The van der Waals surface area contributed by atoms with Gasteiger partial charge in [0.2, 0.25) is 0 Å². The fourth-order valence-electron chi connectivity index (χ4n) is 1.53. The maximum Gasteiger partial charge on any atom is 0.150 e. The Bertz CT molecular complexity index is 474. The molecule has 1 atom stereocenters. The standard InChI is InChI=1S/C13H20FNO2S2/c1-2-19(16,17)9-3-4-12(15)10-18-13-7-5-11(14)6-8-13/h5-8,12H,2-4,9-10,15H2,1H3. The Morgan fingerprint density at radius 1 is 1.32 bits per heavy atom. The first-order valence-electron chi connectivity index (χ1n) is 6.27. The monoisotopic (exact) mass is 305 g/mol. The summed E-state index contributed by atoms with van der Waals surface area (Å²) in [6.45, 7) is 1.65. The van der Waals surface area contributed by atoms with Gasteiger partial charge in [-0.05, 0) is 37.1 Å². The lowest BCUT2D eigenvalue weighted by molar-refractivity contribution is 0.587. The number of hydrogen-bond acceptors (Lipinski definition) is 4. The number of nitrogens with two attached hydrogens (primary N) is 1. The molecule has 0 radical (unpaired) electrons. The molecular formula is C13H20FNO2S2. The normalized spacial score (nSPS) is 13.4. The van der Waals surface area contributed by atoms with Crippen LogP contribution in [0.4, 0.5) is 4.39 Å². The van der Waals surface area contributed by atoms with Crippen molar-refractivity contribution in [2.75, 3.05) is 17.3 Å². The van der Waals surface area contributed by atoms with Crippen LogP contribution in [0.25, 0.3) is 0 Å². The summed E-state index contributed by atoms with van der Waals surface area (Å²) in [6, 6.07) is 6.23. The molecule has 0 spiro atoms. The van der Waals surface area contributed by atoms with Crippen LogP contribution in [0.3, 0.4) is 0 Å². The minimum Gasteiger partial charge on any atom is -0.327 e. The van der Waals surface area contributed by atoms with Gasteiger partial charge in [0, 0.05) is 22.4 Å². The number of sulfone groups is 1. The molecule has 0 amide bonds. The zero-order chi connectivity index (χ0) is 14.3. The van der Waals surface area contributed by atoms with E-state index >= 15 is 0 Å². The van der Waals surface area contributed by atoms with Gasteiger partial charge >= 0.3 is 0 Å². The number of benzene rings is 1. The second-order valence-electron chi connectivity index (χ2n) is 4.40. The van der Waals surface area contributed by atoms with Gasteiger partial charge in [0.15, 0.2) is 0 Å². The Labute approximate surface area is 118 Å². The second kappa shape index (κ2) is 7.87. The highest BCUT2D eigenvalue weighted by Crippen LogP contribution is 2.19. The van der Waals surface area contributed by atoms with Gasteiger partial charge in [0.25, 0.3) is 0 Å². The van der Waals surface area contributed by atoms with Crippen molar-refractivity contribution in [1.29, 1.82) is 0 Å². The predicted molar refractivity (Wildman–Crippen MR) is 78.7 cm³/mol. The lowest BCUT2D eigenvalue weighted by Gasteiger charge is -2.11. The SMILES string of the molecule is CCS(=O)(=O)CCCC(N)CSc1ccc(F)cc1. The van der Waals surface area contributed by atoms with Crippen molar-refractivity contribution < 1.29 is 12.8 Å². The van der Waals surface area contributed by atoms with Gasteiger partial charge in [-0.2, -0.15) is 0 Å². The van der Waals surface area contributed by atoms with Gasteiger partial charge in [0.05, 0.1) is 5.75 Å². The van der Waals surface area contributed by atoms with E-state index in [4.69, 9.17) is 5.73 Å². The van der Waals surface area contributed by atoms with Crippen LogP contribution in [0.1, 0.15) is 19.8 Å². The first-order valence-corrected chi connectivity index (χ1v) is 9.08. The summed E-state index contributed by atoms with van der Waals surface area (Å²) in [5, 5.41) is 0. The van der Waals surface area contributed by atoms with E-state index in [1.807, 2.05) is 0 Å². The van der Waals surface area contributed by atoms with Crippen LogP contribution in [-0.4, -0.2) is 31.7 Å². The van der Waals surface area contributed by atoms with Crippen LogP contribution >= 0.6 is 11.8 Å². The van der Waals surface area contributed by atoms with Crippen LogP contribution in [-0.2, 0) is 9.84 Å². The van der Waals surface area contributed by atoms with Gasteiger partial charge in [-0.25, -0.2) is 12.8 Å². The van der Waals surface area contributed by atoms with Gasteiger partial charge in [0.1, 0.15) is 15.7 Å². The summed E-state index contributed by atoms with van der Waals surface area (Å²) in [4.78, 5) is 0.970. The van der Waals surface area contributed by atoms with Crippen molar-refractivity contribution in [1.82, 2.24) is 0 Å². The highest BCUT2D eigenvalue weighted by Gasteiger charge is 2.09. The molecule has 0 aliphatic heterocycles. The second-order valence-corrected chi connectivity index (χ2v) is 7.97. The number of halogens is 1. The van der Waals surface area contributed by atoms with Crippen molar-refractivity contribution in [2.45, 2.75) is 30.7 Å². The average molecular weight is 305 g/mol. The lowest BCUT2D eigenvalue weighted by Crippen LogP contribution is -2.24. The van der Waals surface area contributed by atoms with Crippen LogP contribution in [0.2, 0.25) is 0 Å². The minimum atomic E-state index is -2.89. The maximum atomic E-state index is 12.7. The van der Waals surface area contributed by atoms with Gasteiger partial charge in [-0.1, -0.05) is 6.92 Å². The molecule has 1 rings (SSSR count). The zero-order valence-electron chi connectivity index (χ0n) is 11.0. The summed E-state index contributed by atoms with van der Waals surface area (Å²) < 4.78 is 35.3. The summed E-state index contributed by atoms with van der Waals surface area (Å²) in [5.41, 5.74) is 5.93. The van der Waals surface area contributed by atoms with Crippen molar-refractivity contribution in [3.63, 3.8) is 0 Å². The Morgan fingerprint density at radius 3 is 2.53 bits per heavy atom. The van der Waals surface area contributed by atoms with E-state index in [2.05, 4.69) is 0 Å². The van der Waals surface area contributed by atoms with E-state index in [1.54, 1.807) is 30.8 Å². The molecule has 0 heterocycles. The molecule has 1 aromatic carbocycles. The van der Waals surface area contributed by atoms with E-state index in [1.165, 1.54) is 12.1 Å². The van der Waals surface area contributed by atoms with Gasteiger partial charge in [-0.3, -0.25) is 0 Å². The van der Waals surface area contributed by atoms with E-state index < -0.39 is 9.84 Å². The fraction of sp³-hybridized carbons (Fsp3) is 0.538. The molecule has 108 valence electrons. The van der Waals surface area contributed by atoms with Crippen LogP contribution in [0.5, 0.6) is 0 Å². The van der Waals surface area contributed by atoms with Crippen molar-refractivity contribution in [3.8, 4) is 0 Å². The lowest BCUT2D eigenvalue weighted by atomic mass is 10.2.